The van der Waals surface area contributed by atoms with Crippen molar-refractivity contribution in [3.05, 3.63) is 64.9 Å². The minimum atomic E-state index is -0.405. The van der Waals surface area contributed by atoms with E-state index in [1.807, 2.05) is 0 Å². The Kier molecular flexibility index (Phi) is 6.87. The van der Waals surface area contributed by atoms with Gasteiger partial charge in [-0.3, -0.25) is 14.9 Å². The van der Waals surface area contributed by atoms with Gasteiger partial charge in [0.25, 0.3) is 11.1 Å². The van der Waals surface area contributed by atoms with Crippen molar-refractivity contribution in [3.8, 4) is 11.5 Å². The van der Waals surface area contributed by atoms with E-state index < -0.39 is 5.91 Å². The smallest absolute Gasteiger partial charge is 0.290 e. The van der Waals surface area contributed by atoms with Crippen LogP contribution in [0.2, 0.25) is 0 Å². The van der Waals surface area contributed by atoms with Crippen LogP contribution in [0, 0.1) is 11.7 Å². The number of aromatic nitrogens is 3. The fourth-order valence-corrected chi connectivity index (χ4v) is 4.74. The molecule has 0 atom stereocenters. The molecule has 0 unspecified atom stereocenters. The first-order valence-electron chi connectivity index (χ1n) is 11.3. The zero-order valence-corrected chi connectivity index (χ0v) is 19.6. The van der Waals surface area contributed by atoms with Gasteiger partial charge >= 0.3 is 0 Å². The van der Waals surface area contributed by atoms with Crippen LogP contribution >= 0.6 is 11.8 Å². The van der Waals surface area contributed by atoms with Crippen LogP contribution in [0.1, 0.15) is 24.1 Å². The molecule has 2 N–H and O–H groups in total. The highest BCUT2D eigenvalue weighted by Crippen LogP contribution is 2.26. The van der Waals surface area contributed by atoms with Crippen LogP contribution in [0.15, 0.2) is 52.2 Å². The molecule has 0 bridgehead atoms. The number of pyridine rings is 1. The van der Waals surface area contributed by atoms with Crippen LogP contribution in [-0.4, -0.2) is 45.7 Å². The number of furan rings is 1. The monoisotopic (exact) mass is 494 g/mol. The number of thioether (sulfide) groups is 1. The molecule has 35 heavy (non-hydrogen) atoms. The molecule has 0 saturated carbocycles. The Morgan fingerprint density at radius 3 is 2.86 bits per heavy atom. The van der Waals surface area contributed by atoms with Gasteiger partial charge in [-0.25, -0.2) is 19.3 Å². The van der Waals surface area contributed by atoms with Crippen LogP contribution < -0.4 is 15.5 Å². The standard InChI is InChI=1S/C24H23FN6O3S/c25-18-14-28-19(20-2-1-9-34-20)10-16(18)13-26-12-15-4-7-31(8-5-15)23-27-6-3-17(29-23)11-21-22(32)30-24(33)35-21/h1-3,6,9-11,14-15,26H,4-5,7-8,12-13H2,(H,30,32,33). The zero-order chi connectivity index (χ0) is 24.2. The molecule has 3 aromatic heterocycles. The average Bonchev–Trinajstić information content (AvgIpc) is 3.51. The van der Waals surface area contributed by atoms with Gasteiger partial charge in [-0.05, 0) is 67.4 Å². The summed E-state index contributed by atoms with van der Waals surface area (Å²) >= 11 is 0.866. The van der Waals surface area contributed by atoms with Crippen molar-refractivity contribution >= 4 is 34.9 Å². The predicted octanol–water partition coefficient (Wildman–Crippen LogP) is 3.60. The van der Waals surface area contributed by atoms with Crippen LogP contribution in [0.25, 0.3) is 17.5 Å². The molecular formula is C24H23FN6O3S. The number of nitrogens with one attached hydrogen (secondary N) is 2. The topological polar surface area (TPSA) is 113 Å². The molecule has 11 heteroatoms. The number of carbonyl (C=O) groups is 2. The lowest BCUT2D eigenvalue weighted by Crippen LogP contribution is -2.38. The Morgan fingerprint density at radius 2 is 2.11 bits per heavy atom. The third kappa shape index (κ3) is 5.57. The summed E-state index contributed by atoms with van der Waals surface area (Å²) in [5.41, 5.74) is 1.75. The molecular weight excluding hydrogens is 471 g/mol. The van der Waals surface area contributed by atoms with Crippen molar-refractivity contribution in [1.82, 2.24) is 25.6 Å². The van der Waals surface area contributed by atoms with E-state index in [9.17, 15) is 14.0 Å². The Bertz CT molecular complexity index is 1260. The highest BCUT2D eigenvalue weighted by Gasteiger charge is 2.26. The molecule has 0 spiro atoms. The molecule has 2 fully saturated rings. The maximum Gasteiger partial charge on any atom is 0.290 e. The number of imide groups is 1. The molecule has 0 aromatic carbocycles. The van der Waals surface area contributed by atoms with Gasteiger partial charge in [-0.15, -0.1) is 0 Å². The fraction of sp³-hybridized carbons (Fsp3) is 0.292. The lowest BCUT2D eigenvalue weighted by Gasteiger charge is -2.32. The number of anilines is 1. The minimum absolute atomic E-state index is 0.325. The van der Waals surface area contributed by atoms with E-state index in [4.69, 9.17) is 4.42 Å². The number of halogens is 1. The van der Waals surface area contributed by atoms with Crippen molar-refractivity contribution in [2.75, 3.05) is 24.5 Å². The van der Waals surface area contributed by atoms with Crippen LogP contribution in [-0.2, 0) is 11.3 Å². The summed E-state index contributed by atoms with van der Waals surface area (Å²) in [4.78, 5) is 38.6. The number of amides is 2. The van der Waals surface area contributed by atoms with Gasteiger partial charge in [0.1, 0.15) is 11.5 Å². The van der Waals surface area contributed by atoms with Crippen LogP contribution in [0.3, 0.4) is 0 Å². The summed E-state index contributed by atoms with van der Waals surface area (Å²) in [5.74, 6) is 0.921. The summed E-state index contributed by atoms with van der Waals surface area (Å²) in [6.45, 7) is 2.79. The van der Waals surface area contributed by atoms with Crippen molar-refractivity contribution in [2.45, 2.75) is 19.4 Å². The highest BCUT2D eigenvalue weighted by molar-refractivity contribution is 8.18. The van der Waals surface area contributed by atoms with E-state index in [2.05, 4.69) is 30.5 Å². The van der Waals surface area contributed by atoms with E-state index >= 15 is 0 Å². The Balaban J connectivity index is 1.13. The largest absolute Gasteiger partial charge is 0.463 e. The molecule has 2 saturated heterocycles. The van der Waals surface area contributed by atoms with Gasteiger partial charge < -0.3 is 14.6 Å². The molecule has 0 radical (unpaired) electrons. The van der Waals surface area contributed by atoms with Gasteiger partial charge in [0.15, 0.2) is 5.76 Å². The average molecular weight is 495 g/mol. The van der Waals surface area contributed by atoms with Crippen LogP contribution in [0.4, 0.5) is 15.1 Å². The summed E-state index contributed by atoms with van der Waals surface area (Å²) < 4.78 is 19.6. The number of rotatable bonds is 7. The van der Waals surface area contributed by atoms with Crippen molar-refractivity contribution < 1.29 is 18.4 Å². The fourth-order valence-electron chi connectivity index (χ4n) is 4.07. The Hall–Kier alpha value is -3.57. The SMILES string of the molecule is O=C1NC(=O)C(=Cc2ccnc(N3CCC(CNCc4cc(-c5ccco5)ncc4F)CC3)n2)S1. The van der Waals surface area contributed by atoms with Crippen molar-refractivity contribution in [1.29, 1.82) is 0 Å². The van der Waals surface area contributed by atoms with Gasteiger partial charge in [0.05, 0.1) is 23.1 Å². The van der Waals surface area contributed by atoms with E-state index in [0.29, 0.717) is 46.0 Å². The molecule has 0 aliphatic carbocycles. The minimum Gasteiger partial charge on any atom is -0.463 e. The van der Waals surface area contributed by atoms with E-state index in [-0.39, 0.29) is 11.1 Å². The Morgan fingerprint density at radius 1 is 1.26 bits per heavy atom. The molecule has 2 aliphatic rings. The molecule has 180 valence electrons. The summed E-state index contributed by atoms with van der Waals surface area (Å²) in [6, 6.07) is 7.00. The molecule has 2 amide bonds. The molecule has 5 heterocycles. The van der Waals surface area contributed by atoms with Crippen LogP contribution in [0.5, 0.6) is 0 Å². The molecule has 9 nitrogen and oxygen atoms in total. The van der Waals surface area contributed by atoms with Gasteiger partial charge in [0.2, 0.25) is 5.95 Å². The zero-order valence-electron chi connectivity index (χ0n) is 18.7. The lowest BCUT2D eigenvalue weighted by atomic mass is 9.97. The van der Waals surface area contributed by atoms with Gasteiger partial charge in [-0.1, -0.05) is 0 Å². The first-order valence-corrected chi connectivity index (χ1v) is 12.1. The van der Waals surface area contributed by atoms with E-state index in [1.54, 1.807) is 42.8 Å². The quantitative estimate of drug-likeness (QED) is 0.476. The number of hydrogen-bond donors (Lipinski definition) is 2. The second kappa shape index (κ2) is 10.4. The third-order valence-electron chi connectivity index (χ3n) is 5.94. The predicted molar refractivity (Wildman–Crippen MR) is 130 cm³/mol. The van der Waals surface area contributed by atoms with E-state index in [0.717, 1.165) is 44.2 Å². The van der Waals surface area contributed by atoms with Gasteiger partial charge in [-0.2, -0.15) is 0 Å². The number of piperidine rings is 1. The Labute approximate surface area is 205 Å². The molecule has 5 rings (SSSR count). The second-order valence-electron chi connectivity index (χ2n) is 8.33. The molecule has 2 aliphatic heterocycles. The first-order chi connectivity index (χ1) is 17.0. The lowest BCUT2D eigenvalue weighted by molar-refractivity contribution is -0.115. The third-order valence-corrected chi connectivity index (χ3v) is 6.75. The first kappa shape index (κ1) is 23.2. The summed E-state index contributed by atoms with van der Waals surface area (Å²) in [5, 5.41) is 5.23. The normalized spacial score (nSPS) is 17.9. The second-order valence-corrected chi connectivity index (χ2v) is 9.35. The van der Waals surface area contributed by atoms with Crippen molar-refractivity contribution in [2.24, 2.45) is 5.92 Å². The summed E-state index contributed by atoms with van der Waals surface area (Å²) in [7, 11) is 0. The highest BCUT2D eigenvalue weighted by atomic mass is 32.2. The maximum atomic E-state index is 14.2. The number of nitrogens with zero attached hydrogens (tertiary/aromatic N) is 4. The van der Waals surface area contributed by atoms with E-state index in [1.165, 1.54) is 6.20 Å². The maximum absolute atomic E-state index is 14.2. The van der Waals surface area contributed by atoms with Gasteiger partial charge in [0, 0.05) is 31.4 Å². The van der Waals surface area contributed by atoms with Crippen molar-refractivity contribution in [3.63, 3.8) is 0 Å². The summed E-state index contributed by atoms with van der Waals surface area (Å²) in [6.07, 6.45) is 7.95. The number of hydrogen-bond acceptors (Lipinski definition) is 9. The molecule has 3 aromatic rings. The number of carbonyl (C=O) groups excluding carboxylic acids is 2.